The van der Waals surface area contributed by atoms with Crippen LogP contribution in [0.2, 0.25) is 0 Å². The van der Waals surface area contributed by atoms with Gasteiger partial charge >= 0.3 is 0 Å². The number of hydrogen-bond donors (Lipinski definition) is 1. The normalized spacial score (nSPS) is 13.0. The summed E-state index contributed by atoms with van der Waals surface area (Å²) in [5.41, 5.74) is 10.4. The van der Waals surface area contributed by atoms with Crippen LogP contribution in [0.5, 0.6) is 0 Å². The molecule has 0 bridgehead atoms. The number of rotatable bonds is 4. The van der Waals surface area contributed by atoms with Crippen LogP contribution in [-0.2, 0) is 0 Å². The molecule has 2 aromatic carbocycles. The third kappa shape index (κ3) is 2.81. The molecule has 0 fully saturated rings. The Balaban J connectivity index is 2.04. The van der Waals surface area contributed by atoms with Crippen LogP contribution in [0.25, 0.3) is 23.2 Å². The second-order valence-electron chi connectivity index (χ2n) is 5.66. The van der Waals surface area contributed by atoms with Crippen LogP contribution in [0.1, 0.15) is 29.9 Å². The van der Waals surface area contributed by atoms with Gasteiger partial charge in [-0.1, -0.05) is 48.0 Å². The van der Waals surface area contributed by atoms with Gasteiger partial charge in [-0.05, 0) is 37.6 Å². The lowest BCUT2D eigenvalue weighted by Gasteiger charge is -2.14. The zero-order chi connectivity index (χ0) is 15.5. The van der Waals surface area contributed by atoms with Crippen molar-refractivity contribution in [2.24, 2.45) is 5.73 Å². The molecule has 0 amide bonds. The molecule has 0 spiro atoms. The number of hydrogen-bond acceptors (Lipinski definition) is 2. The number of nitrogens with two attached hydrogens (primary N) is 1. The molecular weight excluding hydrogens is 270 g/mol. The van der Waals surface area contributed by atoms with E-state index in [1.54, 1.807) is 0 Å². The van der Waals surface area contributed by atoms with Gasteiger partial charge in [-0.25, -0.2) is 4.98 Å². The van der Waals surface area contributed by atoms with Crippen molar-refractivity contribution >= 4 is 23.2 Å². The zero-order valence-electron chi connectivity index (χ0n) is 13.0. The average Bonchev–Trinajstić information content (AvgIpc) is 2.92. The van der Waals surface area contributed by atoms with Crippen LogP contribution in [0, 0.1) is 6.92 Å². The van der Waals surface area contributed by atoms with E-state index in [1.807, 2.05) is 18.2 Å². The summed E-state index contributed by atoms with van der Waals surface area (Å²) in [6.07, 6.45) is 4.16. The number of imidazole rings is 1. The number of para-hydroxylation sites is 2. The van der Waals surface area contributed by atoms with Crippen molar-refractivity contribution in [1.82, 2.24) is 9.55 Å². The van der Waals surface area contributed by atoms with Gasteiger partial charge in [0.05, 0.1) is 11.0 Å². The summed E-state index contributed by atoms with van der Waals surface area (Å²) in [5.74, 6) is 0.944. The molecule has 1 atom stereocenters. The van der Waals surface area contributed by atoms with Crippen LogP contribution < -0.4 is 5.73 Å². The lowest BCUT2D eigenvalue weighted by atomic mass is 10.1. The first-order valence-corrected chi connectivity index (χ1v) is 7.61. The molecule has 0 saturated heterocycles. The molecule has 22 heavy (non-hydrogen) atoms. The van der Waals surface area contributed by atoms with Crippen molar-refractivity contribution in [3.63, 3.8) is 0 Å². The summed E-state index contributed by atoms with van der Waals surface area (Å²) >= 11 is 0. The quantitative estimate of drug-likeness (QED) is 0.788. The Morgan fingerprint density at radius 1 is 1.09 bits per heavy atom. The minimum absolute atomic E-state index is 0.213. The molecule has 2 N–H and O–H groups in total. The van der Waals surface area contributed by atoms with Gasteiger partial charge < -0.3 is 10.3 Å². The molecule has 3 heteroatoms. The van der Waals surface area contributed by atoms with Crippen LogP contribution in [-0.4, -0.2) is 16.1 Å². The summed E-state index contributed by atoms with van der Waals surface area (Å²) < 4.78 is 2.21. The Hall–Kier alpha value is -2.39. The minimum Gasteiger partial charge on any atom is -0.328 e. The van der Waals surface area contributed by atoms with Crippen molar-refractivity contribution in [3.8, 4) is 0 Å². The summed E-state index contributed by atoms with van der Waals surface area (Å²) in [5, 5.41) is 0. The molecular formula is C19H21N3. The highest BCUT2D eigenvalue weighted by molar-refractivity contribution is 5.80. The number of fused-ring (bicyclic) bond motifs is 1. The molecule has 3 rings (SSSR count). The highest BCUT2D eigenvalue weighted by atomic mass is 15.1. The predicted octanol–water partition coefficient (Wildman–Crippen LogP) is 4.03. The Morgan fingerprint density at radius 2 is 1.82 bits per heavy atom. The fourth-order valence-electron chi connectivity index (χ4n) is 2.60. The van der Waals surface area contributed by atoms with Crippen molar-refractivity contribution in [3.05, 3.63) is 65.5 Å². The lowest BCUT2D eigenvalue weighted by Crippen LogP contribution is -2.17. The fraction of sp³-hybridized carbons (Fsp3) is 0.211. The maximum absolute atomic E-state index is 5.87. The van der Waals surface area contributed by atoms with Crippen LogP contribution >= 0.6 is 0 Å². The van der Waals surface area contributed by atoms with Gasteiger partial charge in [0.25, 0.3) is 0 Å². The fourth-order valence-corrected chi connectivity index (χ4v) is 2.60. The number of nitrogens with zero attached hydrogens (tertiary/aromatic N) is 2. The van der Waals surface area contributed by atoms with E-state index in [0.29, 0.717) is 6.54 Å². The van der Waals surface area contributed by atoms with Crippen molar-refractivity contribution < 1.29 is 0 Å². The van der Waals surface area contributed by atoms with Gasteiger partial charge in [-0.15, -0.1) is 0 Å². The Morgan fingerprint density at radius 3 is 2.55 bits per heavy atom. The monoisotopic (exact) mass is 291 g/mol. The Labute approximate surface area is 131 Å². The summed E-state index contributed by atoms with van der Waals surface area (Å²) in [6, 6.07) is 16.9. The third-order valence-corrected chi connectivity index (χ3v) is 3.91. The highest BCUT2D eigenvalue weighted by Gasteiger charge is 2.12. The van der Waals surface area contributed by atoms with Gasteiger partial charge in [-0.2, -0.15) is 0 Å². The summed E-state index contributed by atoms with van der Waals surface area (Å²) in [6.45, 7) is 4.80. The van der Waals surface area contributed by atoms with E-state index < -0.39 is 0 Å². The molecule has 0 aliphatic heterocycles. The largest absolute Gasteiger partial charge is 0.328 e. The molecule has 3 aromatic rings. The molecule has 3 nitrogen and oxygen atoms in total. The Kier molecular flexibility index (Phi) is 4.07. The minimum atomic E-state index is 0.213. The Bertz CT molecular complexity index is 797. The second-order valence-corrected chi connectivity index (χ2v) is 5.66. The van der Waals surface area contributed by atoms with Crippen LogP contribution in [0.15, 0.2) is 48.5 Å². The maximum atomic E-state index is 5.87. The van der Waals surface area contributed by atoms with E-state index in [9.17, 15) is 0 Å². The molecule has 1 unspecified atom stereocenters. The van der Waals surface area contributed by atoms with Crippen molar-refractivity contribution in [2.45, 2.75) is 19.9 Å². The highest BCUT2D eigenvalue weighted by Crippen LogP contribution is 2.22. The van der Waals surface area contributed by atoms with Crippen molar-refractivity contribution in [2.75, 3.05) is 6.54 Å². The zero-order valence-corrected chi connectivity index (χ0v) is 13.0. The topological polar surface area (TPSA) is 43.8 Å². The third-order valence-electron chi connectivity index (χ3n) is 3.91. The number of aryl methyl sites for hydroxylation is 1. The first kappa shape index (κ1) is 14.5. The van der Waals surface area contributed by atoms with Gasteiger partial charge in [0.2, 0.25) is 0 Å². The van der Waals surface area contributed by atoms with Crippen LogP contribution in [0.4, 0.5) is 0 Å². The van der Waals surface area contributed by atoms with Gasteiger partial charge in [0, 0.05) is 12.6 Å². The second kappa shape index (κ2) is 6.16. The van der Waals surface area contributed by atoms with Crippen molar-refractivity contribution in [1.29, 1.82) is 0 Å². The van der Waals surface area contributed by atoms with E-state index in [4.69, 9.17) is 10.7 Å². The first-order chi connectivity index (χ1) is 10.7. The van der Waals surface area contributed by atoms with E-state index in [-0.39, 0.29) is 6.04 Å². The average molecular weight is 291 g/mol. The number of aromatic nitrogens is 2. The molecule has 0 saturated carbocycles. The predicted molar refractivity (Wildman–Crippen MR) is 93.6 cm³/mol. The SMILES string of the molecule is Cc1ccc(/C=C/c2nc3ccccc3n2C(C)CN)cc1. The first-order valence-electron chi connectivity index (χ1n) is 7.61. The van der Waals surface area contributed by atoms with E-state index >= 15 is 0 Å². The molecule has 112 valence electrons. The summed E-state index contributed by atoms with van der Waals surface area (Å²) in [4.78, 5) is 4.73. The van der Waals surface area contributed by atoms with Gasteiger partial charge in [-0.3, -0.25) is 0 Å². The van der Waals surface area contributed by atoms with Gasteiger partial charge in [0.1, 0.15) is 5.82 Å². The number of benzene rings is 2. The molecule has 0 radical (unpaired) electrons. The lowest BCUT2D eigenvalue weighted by molar-refractivity contribution is 0.569. The molecule has 1 heterocycles. The van der Waals surface area contributed by atoms with Crippen LogP contribution in [0.3, 0.4) is 0 Å². The van der Waals surface area contributed by atoms with E-state index in [0.717, 1.165) is 16.9 Å². The smallest absolute Gasteiger partial charge is 0.134 e. The van der Waals surface area contributed by atoms with Gasteiger partial charge in [0.15, 0.2) is 0 Å². The standard InChI is InChI=1S/C19H21N3/c1-14-7-9-16(10-8-14)11-12-19-21-17-5-3-4-6-18(17)22(19)15(2)13-20/h3-12,15H,13,20H2,1-2H3/b12-11+. The molecule has 0 aliphatic carbocycles. The van der Waals surface area contributed by atoms with E-state index in [2.05, 4.69) is 60.9 Å². The molecule has 1 aromatic heterocycles. The molecule has 0 aliphatic rings. The maximum Gasteiger partial charge on any atom is 0.134 e. The van der Waals surface area contributed by atoms with E-state index in [1.165, 1.54) is 11.1 Å². The summed E-state index contributed by atoms with van der Waals surface area (Å²) in [7, 11) is 0.